The largest absolute Gasteiger partial charge is 0.358 e. The number of hydrogen-bond donors (Lipinski definition) is 2. The second-order valence-electron chi connectivity index (χ2n) is 2.41. The summed E-state index contributed by atoms with van der Waals surface area (Å²) in [6.07, 6.45) is 0. The third-order valence-corrected chi connectivity index (χ3v) is 1.47. The van der Waals surface area contributed by atoms with Crippen molar-refractivity contribution in [1.82, 2.24) is 15.1 Å². The first-order valence-corrected chi connectivity index (χ1v) is 3.64. The number of H-pyrrole nitrogens is 1. The Morgan fingerprint density at radius 1 is 1.54 bits per heavy atom. The molecule has 1 aromatic rings. The fraction of sp³-hybridized carbons (Fsp3) is 0.286. The van der Waals surface area contributed by atoms with Crippen LogP contribution in [0.1, 0.15) is 0 Å². The van der Waals surface area contributed by atoms with Crippen LogP contribution in [0.4, 0.5) is 0 Å². The fourth-order valence-electron chi connectivity index (χ4n) is 0.802. The van der Waals surface area contributed by atoms with E-state index in [2.05, 4.69) is 10.4 Å². The van der Waals surface area contributed by atoms with Gasteiger partial charge >= 0.3 is 0 Å². The number of rotatable bonds is 2. The van der Waals surface area contributed by atoms with Gasteiger partial charge in [-0.05, 0) is 0 Å². The molecule has 0 spiro atoms. The summed E-state index contributed by atoms with van der Waals surface area (Å²) in [6.45, 7) is -0.175. The van der Waals surface area contributed by atoms with Crippen LogP contribution in [-0.4, -0.2) is 22.7 Å². The van der Waals surface area contributed by atoms with Crippen LogP contribution >= 0.6 is 0 Å². The molecule has 0 unspecified atom stereocenters. The highest BCUT2D eigenvalue weighted by Gasteiger charge is 2.01. The van der Waals surface area contributed by atoms with Gasteiger partial charge in [0.25, 0.3) is 11.1 Å². The fourth-order valence-corrected chi connectivity index (χ4v) is 0.802. The van der Waals surface area contributed by atoms with Crippen LogP contribution in [0.15, 0.2) is 21.7 Å². The molecule has 0 aromatic carbocycles. The van der Waals surface area contributed by atoms with E-state index in [1.165, 1.54) is 7.05 Å². The highest BCUT2D eigenvalue weighted by Crippen LogP contribution is 1.71. The molecule has 0 bridgehead atoms. The van der Waals surface area contributed by atoms with Crippen LogP contribution in [0.2, 0.25) is 0 Å². The van der Waals surface area contributed by atoms with Gasteiger partial charge in [0.15, 0.2) is 0 Å². The van der Waals surface area contributed by atoms with Crippen molar-refractivity contribution in [3.63, 3.8) is 0 Å². The number of hydrogen-bond acceptors (Lipinski definition) is 3. The zero-order valence-electron chi connectivity index (χ0n) is 7.03. The first-order valence-electron chi connectivity index (χ1n) is 3.64. The molecule has 1 heterocycles. The molecule has 1 amide bonds. The Labute approximate surface area is 73.2 Å². The van der Waals surface area contributed by atoms with Crippen molar-refractivity contribution in [1.29, 1.82) is 0 Å². The lowest BCUT2D eigenvalue weighted by molar-refractivity contribution is -0.121. The molecule has 1 rings (SSSR count). The molecular weight excluding hydrogens is 174 g/mol. The van der Waals surface area contributed by atoms with E-state index in [4.69, 9.17) is 0 Å². The van der Waals surface area contributed by atoms with E-state index in [0.717, 1.165) is 16.8 Å². The van der Waals surface area contributed by atoms with Gasteiger partial charge in [-0.2, -0.15) is 0 Å². The van der Waals surface area contributed by atoms with Crippen LogP contribution < -0.4 is 16.4 Å². The number of carbonyl (C=O) groups excluding carboxylic acids is 1. The molecule has 70 valence electrons. The van der Waals surface area contributed by atoms with Crippen molar-refractivity contribution in [2.75, 3.05) is 7.05 Å². The van der Waals surface area contributed by atoms with Crippen molar-refractivity contribution in [3.05, 3.63) is 32.8 Å². The van der Waals surface area contributed by atoms with E-state index in [-0.39, 0.29) is 12.5 Å². The lowest BCUT2D eigenvalue weighted by Crippen LogP contribution is -2.34. The third-order valence-electron chi connectivity index (χ3n) is 1.47. The normalized spacial score (nSPS) is 9.62. The van der Waals surface area contributed by atoms with Crippen molar-refractivity contribution >= 4 is 5.91 Å². The standard InChI is InChI=1S/C7H9N3O3/c1-8-6(12)4-10-7(13)3-2-5(11)9-10/h2-3H,4H2,1H3,(H,8,12)(H,9,11). The van der Waals surface area contributed by atoms with Crippen LogP contribution in [-0.2, 0) is 11.3 Å². The number of amides is 1. The van der Waals surface area contributed by atoms with Crippen molar-refractivity contribution in [2.45, 2.75) is 6.54 Å². The number of carbonyl (C=O) groups is 1. The highest BCUT2D eigenvalue weighted by atomic mass is 16.2. The minimum absolute atomic E-state index is 0.175. The molecule has 0 fully saturated rings. The van der Waals surface area contributed by atoms with Gasteiger partial charge in [-0.1, -0.05) is 0 Å². The van der Waals surface area contributed by atoms with Crippen LogP contribution in [0.5, 0.6) is 0 Å². The van der Waals surface area contributed by atoms with Crippen LogP contribution in [0.3, 0.4) is 0 Å². The molecule has 0 saturated heterocycles. The Bertz CT molecular complexity index is 417. The van der Waals surface area contributed by atoms with E-state index < -0.39 is 11.1 Å². The SMILES string of the molecule is CNC(=O)Cn1[nH]c(=O)ccc1=O. The van der Waals surface area contributed by atoms with Crippen molar-refractivity contribution in [2.24, 2.45) is 0 Å². The van der Waals surface area contributed by atoms with Crippen molar-refractivity contribution in [3.8, 4) is 0 Å². The second kappa shape index (κ2) is 3.70. The monoisotopic (exact) mass is 183 g/mol. The second-order valence-corrected chi connectivity index (χ2v) is 2.41. The Morgan fingerprint density at radius 2 is 2.23 bits per heavy atom. The molecule has 2 N–H and O–H groups in total. The average Bonchev–Trinajstić information content (AvgIpc) is 2.11. The number of nitrogens with zero attached hydrogens (tertiary/aromatic N) is 1. The van der Waals surface area contributed by atoms with E-state index in [1.54, 1.807) is 0 Å². The molecule has 0 aliphatic rings. The summed E-state index contributed by atoms with van der Waals surface area (Å²) in [5, 5.41) is 4.57. The van der Waals surface area contributed by atoms with Crippen LogP contribution in [0.25, 0.3) is 0 Å². The summed E-state index contributed by atoms with van der Waals surface area (Å²) in [5.74, 6) is -0.344. The summed E-state index contributed by atoms with van der Waals surface area (Å²) in [5.41, 5.74) is -0.827. The van der Waals surface area contributed by atoms with E-state index in [9.17, 15) is 14.4 Å². The lowest BCUT2D eigenvalue weighted by atomic mass is 10.5. The summed E-state index contributed by atoms with van der Waals surface area (Å²) < 4.78 is 0.946. The molecule has 0 radical (unpaired) electrons. The minimum atomic E-state index is -0.414. The van der Waals surface area contributed by atoms with Gasteiger partial charge in [0.2, 0.25) is 5.91 Å². The number of aromatic amines is 1. The first-order chi connectivity index (χ1) is 6.13. The predicted octanol–water partition coefficient (Wildman–Crippen LogP) is -1.72. The molecule has 0 atom stereocenters. The Kier molecular flexibility index (Phi) is 2.63. The topological polar surface area (TPSA) is 84.0 Å². The summed E-state index contributed by atoms with van der Waals surface area (Å²) in [7, 11) is 1.45. The van der Waals surface area contributed by atoms with Crippen LogP contribution in [0, 0.1) is 0 Å². The van der Waals surface area contributed by atoms with Gasteiger partial charge in [-0.15, -0.1) is 0 Å². The maximum atomic E-state index is 11.0. The number of aromatic nitrogens is 2. The number of nitrogens with one attached hydrogen (secondary N) is 2. The zero-order chi connectivity index (χ0) is 9.84. The molecule has 1 aromatic heterocycles. The summed E-state index contributed by atoms with van der Waals surface area (Å²) in [6, 6.07) is 2.23. The molecule has 0 saturated carbocycles. The van der Waals surface area contributed by atoms with Crippen molar-refractivity contribution < 1.29 is 4.79 Å². The van der Waals surface area contributed by atoms with Gasteiger partial charge in [0.1, 0.15) is 6.54 Å². The van der Waals surface area contributed by atoms with Gasteiger partial charge in [-0.25, -0.2) is 4.68 Å². The Morgan fingerprint density at radius 3 is 2.85 bits per heavy atom. The van der Waals surface area contributed by atoms with E-state index in [0.29, 0.717) is 0 Å². The molecule has 0 aliphatic heterocycles. The molecule has 6 heteroatoms. The third kappa shape index (κ3) is 2.29. The van der Waals surface area contributed by atoms with Gasteiger partial charge in [0, 0.05) is 19.2 Å². The minimum Gasteiger partial charge on any atom is -0.358 e. The quantitative estimate of drug-likeness (QED) is 0.572. The summed E-state index contributed by atoms with van der Waals surface area (Å²) >= 11 is 0. The Balaban J connectivity index is 3.01. The zero-order valence-corrected chi connectivity index (χ0v) is 7.03. The number of likely N-dealkylation sites (N-methyl/N-ethyl adjacent to an activating group) is 1. The molecule has 6 nitrogen and oxygen atoms in total. The first kappa shape index (κ1) is 9.24. The highest BCUT2D eigenvalue weighted by molar-refractivity contribution is 5.75. The van der Waals surface area contributed by atoms with E-state index >= 15 is 0 Å². The average molecular weight is 183 g/mol. The maximum Gasteiger partial charge on any atom is 0.265 e. The van der Waals surface area contributed by atoms with Gasteiger partial charge < -0.3 is 5.32 Å². The van der Waals surface area contributed by atoms with E-state index in [1.807, 2.05) is 0 Å². The van der Waals surface area contributed by atoms with Gasteiger partial charge in [-0.3, -0.25) is 19.5 Å². The molecular formula is C7H9N3O3. The maximum absolute atomic E-state index is 11.0. The smallest absolute Gasteiger partial charge is 0.265 e. The molecule has 0 aliphatic carbocycles. The predicted molar refractivity (Wildman–Crippen MR) is 45.4 cm³/mol. The Hall–Kier alpha value is -1.85. The lowest BCUT2D eigenvalue weighted by Gasteiger charge is -2.02. The molecule has 13 heavy (non-hydrogen) atoms. The van der Waals surface area contributed by atoms with Gasteiger partial charge in [0.05, 0.1) is 0 Å². The summed E-state index contributed by atoms with van der Waals surface area (Å²) in [4.78, 5) is 32.7.